The van der Waals surface area contributed by atoms with Crippen LogP contribution < -0.4 is 15.2 Å². The van der Waals surface area contributed by atoms with Gasteiger partial charge in [-0.15, -0.1) is 12.4 Å². The summed E-state index contributed by atoms with van der Waals surface area (Å²) in [5.74, 6) is 1.01. The van der Waals surface area contributed by atoms with Gasteiger partial charge in [-0.2, -0.15) is 0 Å². The number of methoxy groups -OCH3 is 1. The van der Waals surface area contributed by atoms with E-state index in [-0.39, 0.29) is 17.3 Å². The second kappa shape index (κ2) is 6.52. The molecule has 1 aliphatic carbocycles. The topological polar surface area (TPSA) is 81.4 Å². The second-order valence-corrected chi connectivity index (χ2v) is 7.32. The van der Waals surface area contributed by atoms with Crippen molar-refractivity contribution < 1.29 is 13.2 Å². The summed E-state index contributed by atoms with van der Waals surface area (Å²) in [5, 5.41) is 0. The van der Waals surface area contributed by atoms with E-state index in [9.17, 15) is 8.42 Å². The predicted molar refractivity (Wildman–Crippen MR) is 85.5 cm³/mol. The normalized spacial score (nSPS) is 17.7. The van der Waals surface area contributed by atoms with Crippen LogP contribution >= 0.6 is 12.4 Å². The number of rotatable bonds is 6. The Hall–Kier alpha value is -0.820. The lowest BCUT2D eigenvalue weighted by atomic mass is 9.98. The number of aryl methyl sites for hydroxylation is 1. The maximum absolute atomic E-state index is 12.5. The Kier molecular flexibility index (Phi) is 5.66. The minimum absolute atomic E-state index is 0. The molecule has 0 saturated heterocycles. The molecule has 1 atom stereocenters. The summed E-state index contributed by atoms with van der Waals surface area (Å²) >= 11 is 0. The molecule has 1 saturated carbocycles. The van der Waals surface area contributed by atoms with Gasteiger partial charge in [-0.1, -0.05) is 0 Å². The second-order valence-electron chi connectivity index (χ2n) is 5.63. The van der Waals surface area contributed by atoms with Gasteiger partial charge in [0.1, 0.15) is 5.75 Å². The third kappa shape index (κ3) is 3.88. The Morgan fingerprint density at radius 3 is 2.48 bits per heavy atom. The number of hydrogen-bond donors (Lipinski definition) is 2. The molecule has 21 heavy (non-hydrogen) atoms. The van der Waals surface area contributed by atoms with Crippen molar-refractivity contribution in [2.24, 2.45) is 11.7 Å². The van der Waals surface area contributed by atoms with Gasteiger partial charge in [0.2, 0.25) is 10.0 Å². The van der Waals surface area contributed by atoms with Gasteiger partial charge in [0.15, 0.2) is 0 Å². The molecule has 1 fully saturated rings. The molecule has 1 aromatic rings. The molecule has 120 valence electrons. The molecule has 7 heteroatoms. The number of benzene rings is 1. The summed E-state index contributed by atoms with van der Waals surface area (Å²) in [6, 6.07) is 4.84. The monoisotopic (exact) mass is 334 g/mol. The van der Waals surface area contributed by atoms with E-state index < -0.39 is 15.6 Å². The van der Waals surface area contributed by atoms with Crippen LogP contribution in [-0.2, 0) is 10.0 Å². The summed E-state index contributed by atoms with van der Waals surface area (Å²) in [6.45, 7) is 3.99. The van der Waals surface area contributed by atoms with E-state index >= 15 is 0 Å². The Morgan fingerprint density at radius 1 is 1.43 bits per heavy atom. The number of hydrogen-bond acceptors (Lipinski definition) is 4. The summed E-state index contributed by atoms with van der Waals surface area (Å²) < 4.78 is 32.9. The number of halogens is 1. The van der Waals surface area contributed by atoms with E-state index in [4.69, 9.17) is 10.5 Å². The first-order valence-electron chi connectivity index (χ1n) is 6.71. The first kappa shape index (κ1) is 18.2. The Balaban J connectivity index is 0.00000220. The molecule has 0 bridgehead atoms. The summed E-state index contributed by atoms with van der Waals surface area (Å²) in [6.07, 6.45) is 2.05. The Bertz CT molecular complexity index is 602. The Labute approximate surface area is 132 Å². The van der Waals surface area contributed by atoms with Crippen LogP contribution in [0.25, 0.3) is 0 Å². The third-order valence-corrected chi connectivity index (χ3v) is 5.56. The molecule has 0 aliphatic heterocycles. The molecule has 1 unspecified atom stereocenters. The van der Waals surface area contributed by atoms with Crippen molar-refractivity contribution in [2.75, 3.05) is 13.7 Å². The highest BCUT2D eigenvalue weighted by Gasteiger charge is 2.43. The van der Waals surface area contributed by atoms with Gasteiger partial charge in [0.05, 0.1) is 12.0 Å². The molecule has 0 heterocycles. The first-order valence-corrected chi connectivity index (χ1v) is 8.19. The lowest BCUT2D eigenvalue weighted by Crippen LogP contribution is -2.52. The van der Waals surface area contributed by atoms with Gasteiger partial charge < -0.3 is 10.5 Å². The molecular weight excluding hydrogens is 312 g/mol. The molecule has 3 N–H and O–H groups in total. The van der Waals surface area contributed by atoms with E-state index in [1.165, 1.54) is 0 Å². The maximum atomic E-state index is 12.5. The molecule has 0 amide bonds. The fraction of sp³-hybridized carbons (Fsp3) is 0.571. The molecule has 0 radical (unpaired) electrons. The van der Waals surface area contributed by atoms with Crippen LogP contribution in [0.4, 0.5) is 0 Å². The Morgan fingerprint density at radius 2 is 2.05 bits per heavy atom. The average Bonchev–Trinajstić information content (AvgIpc) is 3.22. The highest BCUT2D eigenvalue weighted by Crippen LogP contribution is 2.39. The van der Waals surface area contributed by atoms with Crippen LogP contribution in [0.15, 0.2) is 23.1 Å². The van der Waals surface area contributed by atoms with E-state index in [1.54, 1.807) is 25.3 Å². The molecule has 0 spiro atoms. The smallest absolute Gasteiger partial charge is 0.241 e. The predicted octanol–water partition coefficient (Wildman–Crippen LogP) is 1.83. The van der Waals surface area contributed by atoms with Crippen LogP contribution in [-0.4, -0.2) is 27.6 Å². The minimum atomic E-state index is -3.57. The fourth-order valence-electron chi connectivity index (χ4n) is 2.40. The first-order chi connectivity index (χ1) is 9.32. The van der Waals surface area contributed by atoms with E-state index in [2.05, 4.69) is 4.72 Å². The zero-order chi connectivity index (χ0) is 15.0. The van der Waals surface area contributed by atoms with Gasteiger partial charge >= 0.3 is 0 Å². The zero-order valence-electron chi connectivity index (χ0n) is 12.5. The van der Waals surface area contributed by atoms with Crippen molar-refractivity contribution in [3.05, 3.63) is 23.8 Å². The SMILES string of the molecule is COc1ccc(S(=O)(=O)NC(C)(CN)C2CC2)cc1C.Cl. The van der Waals surface area contributed by atoms with Crippen LogP contribution in [0.5, 0.6) is 5.75 Å². The summed E-state index contributed by atoms with van der Waals surface area (Å²) in [7, 11) is -2.01. The molecule has 0 aromatic heterocycles. The lowest BCUT2D eigenvalue weighted by Gasteiger charge is -2.29. The number of sulfonamides is 1. The molecule has 2 rings (SSSR count). The van der Waals surface area contributed by atoms with Crippen molar-refractivity contribution in [1.82, 2.24) is 4.72 Å². The highest BCUT2D eigenvalue weighted by molar-refractivity contribution is 7.89. The standard InChI is InChI=1S/C14H22N2O3S.ClH/c1-10-8-12(6-7-13(10)19-3)20(17,18)16-14(2,9-15)11-4-5-11;/h6-8,11,16H,4-5,9,15H2,1-3H3;1H. The average molecular weight is 335 g/mol. The van der Waals surface area contributed by atoms with Crippen molar-refractivity contribution in [3.63, 3.8) is 0 Å². The summed E-state index contributed by atoms with van der Waals surface area (Å²) in [4.78, 5) is 0.246. The molecule has 5 nitrogen and oxygen atoms in total. The van der Waals surface area contributed by atoms with Crippen molar-refractivity contribution in [3.8, 4) is 5.75 Å². The van der Waals surface area contributed by atoms with Gasteiger partial charge in [-0.05, 0) is 56.4 Å². The van der Waals surface area contributed by atoms with Crippen LogP contribution in [0.2, 0.25) is 0 Å². The van der Waals surface area contributed by atoms with Crippen molar-refractivity contribution >= 4 is 22.4 Å². The highest BCUT2D eigenvalue weighted by atomic mass is 35.5. The van der Waals surface area contributed by atoms with Crippen molar-refractivity contribution in [1.29, 1.82) is 0 Å². The molecular formula is C14H23ClN2O3S. The van der Waals surface area contributed by atoms with Gasteiger partial charge in [0.25, 0.3) is 0 Å². The van der Waals surface area contributed by atoms with E-state index in [0.29, 0.717) is 18.2 Å². The molecule has 1 aromatic carbocycles. The van der Waals surface area contributed by atoms with Gasteiger partial charge in [0, 0.05) is 12.1 Å². The number of ether oxygens (including phenoxy) is 1. The van der Waals surface area contributed by atoms with E-state index in [0.717, 1.165) is 18.4 Å². The van der Waals surface area contributed by atoms with Gasteiger partial charge in [-0.25, -0.2) is 13.1 Å². The van der Waals surface area contributed by atoms with Crippen LogP contribution in [0, 0.1) is 12.8 Å². The largest absolute Gasteiger partial charge is 0.496 e. The van der Waals surface area contributed by atoms with Gasteiger partial charge in [-0.3, -0.25) is 0 Å². The maximum Gasteiger partial charge on any atom is 0.241 e. The summed E-state index contributed by atoms with van der Waals surface area (Å²) in [5.41, 5.74) is 5.99. The van der Waals surface area contributed by atoms with Crippen LogP contribution in [0.3, 0.4) is 0 Å². The fourth-order valence-corrected chi connectivity index (χ4v) is 3.96. The number of nitrogens with two attached hydrogens (primary N) is 1. The van der Waals surface area contributed by atoms with E-state index in [1.807, 2.05) is 13.8 Å². The third-order valence-electron chi connectivity index (χ3n) is 3.95. The quantitative estimate of drug-likeness (QED) is 0.831. The number of nitrogens with one attached hydrogen (secondary N) is 1. The zero-order valence-corrected chi connectivity index (χ0v) is 14.2. The lowest BCUT2D eigenvalue weighted by molar-refractivity contribution is 0.374. The van der Waals surface area contributed by atoms with Crippen molar-refractivity contribution in [2.45, 2.75) is 37.1 Å². The minimum Gasteiger partial charge on any atom is -0.496 e. The van der Waals surface area contributed by atoms with Crippen LogP contribution in [0.1, 0.15) is 25.3 Å². The molecule has 1 aliphatic rings.